The van der Waals surface area contributed by atoms with Crippen LogP contribution in [0.4, 0.5) is 13.2 Å². The van der Waals surface area contributed by atoms with Crippen molar-refractivity contribution in [2.75, 3.05) is 0 Å². The average molecular weight is 272 g/mol. The summed E-state index contributed by atoms with van der Waals surface area (Å²) in [5.41, 5.74) is -5.65. The number of hydrogen-bond acceptors (Lipinski definition) is 3. The summed E-state index contributed by atoms with van der Waals surface area (Å²) in [5, 5.41) is 0. The predicted octanol–water partition coefficient (Wildman–Crippen LogP) is 3.34. The average Bonchev–Trinajstić information content (AvgIpc) is 2.15. The van der Waals surface area contributed by atoms with Gasteiger partial charge in [-0.3, -0.25) is 0 Å². The smallest absolute Gasteiger partial charge is 0.381 e. The van der Waals surface area contributed by atoms with Gasteiger partial charge in [-0.15, -0.1) is 0 Å². The van der Waals surface area contributed by atoms with Gasteiger partial charge in [0, 0.05) is 6.42 Å². The van der Waals surface area contributed by atoms with Crippen LogP contribution in [-0.4, -0.2) is 13.9 Å². The predicted molar refractivity (Wildman–Crippen MR) is 56.4 cm³/mol. The van der Waals surface area contributed by atoms with Gasteiger partial charge in [0.1, 0.15) is 5.76 Å². The molecule has 1 rings (SSSR count). The Morgan fingerprint density at radius 3 is 2.53 bits per heavy atom. The molecule has 0 amide bonds. The third kappa shape index (κ3) is 3.37. The standard InChI is InChI=1S/C10H15F3O3S/c1-3-9(2)6-4-5-8(7-9)16-17(14,15)10(11,12)13/h7H,3-6H2,1-2H3/t9-/m1/s1. The molecule has 1 atom stereocenters. The molecule has 0 spiro atoms. The molecule has 1 aliphatic carbocycles. The summed E-state index contributed by atoms with van der Waals surface area (Å²) in [6, 6.07) is 0. The van der Waals surface area contributed by atoms with Gasteiger partial charge in [0.25, 0.3) is 0 Å². The molecule has 0 aromatic heterocycles. The van der Waals surface area contributed by atoms with Crippen LogP contribution in [0.1, 0.15) is 39.5 Å². The normalized spacial score (nSPS) is 26.5. The Labute approximate surface area is 98.8 Å². The molecule has 0 unspecified atom stereocenters. The molecular formula is C10H15F3O3S. The molecule has 0 bridgehead atoms. The maximum Gasteiger partial charge on any atom is 0.534 e. The molecule has 3 nitrogen and oxygen atoms in total. The Bertz CT molecular complexity index is 411. The molecule has 0 saturated carbocycles. The highest BCUT2D eigenvalue weighted by Gasteiger charge is 2.49. The van der Waals surface area contributed by atoms with Crippen LogP contribution in [-0.2, 0) is 14.3 Å². The maximum absolute atomic E-state index is 12.1. The van der Waals surface area contributed by atoms with Crippen molar-refractivity contribution in [1.82, 2.24) is 0 Å². The second kappa shape index (κ2) is 4.51. The maximum atomic E-state index is 12.1. The minimum Gasteiger partial charge on any atom is -0.381 e. The van der Waals surface area contributed by atoms with Crippen molar-refractivity contribution in [3.05, 3.63) is 11.8 Å². The van der Waals surface area contributed by atoms with Crippen LogP contribution in [0.3, 0.4) is 0 Å². The lowest BCUT2D eigenvalue weighted by molar-refractivity contribution is -0.0525. The van der Waals surface area contributed by atoms with Gasteiger partial charge in [0.2, 0.25) is 0 Å². The van der Waals surface area contributed by atoms with Crippen molar-refractivity contribution in [3.63, 3.8) is 0 Å². The van der Waals surface area contributed by atoms with E-state index >= 15 is 0 Å². The molecule has 0 aliphatic heterocycles. The topological polar surface area (TPSA) is 43.4 Å². The minimum atomic E-state index is -5.52. The Morgan fingerprint density at radius 1 is 1.47 bits per heavy atom. The molecule has 0 N–H and O–H groups in total. The monoisotopic (exact) mass is 272 g/mol. The van der Waals surface area contributed by atoms with E-state index in [1.165, 1.54) is 6.08 Å². The third-order valence-electron chi connectivity index (χ3n) is 2.99. The van der Waals surface area contributed by atoms with Gasteiger partial charge in [0.05, 0.1) is 0 Å². The summed E-state index contributed by atoms with van der Waals surface area (Å²) in [5.74, 6) is -0.0991. The Hall–Kier alpha value is -0.720. The molecule has 100 valence electrons. The molecule has 7 heteroatoms. The highest BCUT2D eigenvalue weighted by atomic mass is 32.2. The fourth-order valence-corrected chi connectivity index (χ4v) is 2.24. The summed E-state index contributed by atoms with van der Waals surface area (Å²) in [6.07, 6.45) is 3.91. The zero-order valence-corrected chi connectivity index (χ0v) is 10.5. The van der Waals surface area contributed by atoms with E-state index in [9.17, 15) is 21.6 Å². The second-order valence-corrected chi connectivity index (χ2v) is 5.99. The fourth-order valence-electron chi connectivity index (χ4n) is 1.73. The van der Waals surface area contributed by atoms with Gasteiger partial charge < -0.3 is 4.18 Å². The Balaban J connectivity index is 2.90. The van der Waals surface area contributed by atoms with Gasteiger partial charge in [0.15, 0.2) is 0 Å². The van der Waals surface area contributed by atoms with Crippen LogP contribution in [0.25, 0.3) is 0 Å². The van der Waals surface area contributed by atoms with Gasteiger partial charge >= 0.3 is 15.6 Å². The Kier molecular flexibility index (Phi) is 3.81. The molecular weight excluding hydrogens is 257 g/mol. The fraction of sp³-hybridized carbons (Fsp3) is 0.800. The molecule has 17 heavy (non-hydrogen) atoms. The first-order chi connectivity index (χ1) is 7.60. The van der Waals surface area contributed by atoms with Crippen molar-refractivity contribution < 1.29 is 25.8 Å². The lowest BCUT2D eigenvalue weighted by atomic mass is 9.78. The van der Waals surface area contributed by atoms with Crippen LogP contribution in [0.15, 0.2) is 11.8 Å². The summed E-state index contributed by atoms with van der Waals surface area (Å²) in [7, 11) is -5.52. The molecule has 1 aliphatic rings. The van der Waals surface area contributed by atoms with E-state index in [-0.39, 0.29) is 17.6 Å². The summed E-state index contributed by atoms with van der Waals surface area (Å²) < 4.78 is 62.2. The van der Waals surface area contributed by atoms with E-state index in [4.69, 9.17) is 0 Å². The van der Waals surface area contributed by atoms with Crippen molar-refractivity contribution in [2.45, 2.75) is 45.0 Å². The van der Waals surface area contributed by atoms with Gasteiger partial charge in [-0.05, 0) is 30.8 Å². The second-order valence-electron chi connectivity index (χ2n) is 4.45. The van der Waals surface area contributed by atoms with Crippen LogP contribution >= 0.6 is 0 Å². The first kappa shape index (κ1) is 14.3. The molecule has 0 heterocycles. The first-order valence-corrected chi connectivity index (χ1v) is 6.73. The SMILES string of the molecule is CC[C@@]1(C)C=C(OS(=O)(=O)C(F)(F)F)CCC1. The molecule has 0 fully saturated rings. The van der Waals surface area contributed by atoms with E-state index < -0.39 is 15.6 Å². The zero-order chi connectivity index (χ0) is 13.3. The number of allylic oxidation sites excluding steroid dienone is 2. The Morgan fingerprint density at radius 2 is 2.06 bits per heavy atom. The van der Waals surface area contributed by atoms with Crippen LogP contribution < -0.4 is 0 Å². The summed E-state index contributed by atoms with van der Waals surface area (Å²) in [6.45, 7) is 3.77. The lowest BCUT2D eigenvalue weighted by Gasteiger charge is -2.29. The largest absolute Gasteiger partial charge is 0.534 e. The van der Waals surface area contributed by atoms with E-state index in [0.29, 0.717) is 6.42 Å². The van der Waals surface area contributed by atoms with Gasteiger partial charge in [-0.2, -0.15) is 21.6 Å². The molecule has 0 aromatic carbocycles. The van der Waals surface area contributed by atoms with Crippen molar-refractivity contribution in [2.24, 2.45) is 5.41 Å². The zero-order valence-electron chi connectivity index (χ0n) is 9.67. The minimum absolute atomic E-state index is 0.0991. The highest BCUT2D eigenvalue weighted by molar-refractivity contribution is 7.87. The summed E-state index contributed by atoms with van der Waals surface area (Å²) >= 11 is 0. The van der Waals surface area contributed by atoms with Crippen LogP contribution in [0.2, 0.25) is 0 Å². The number of halogens is 3. The van der Waals surface area contributed by atoms with E-state index in [1.807, 2.05) is 13.8 Å². The van der Waals surface area contributed by atoms with E-state index in [2.05, 4.69) is 4.18 Å². The van der Waals surface area contributed by atoms with Gasteiger partial charge in [-0.1, -0.05) is 13.8 Å². The number of alkyl halides is 3. The molecule has 0 radical (unpaired) electrons. The van der Waals surface area contributed by atoms with Gasteiger partial charge in [-0.25, -0.2) is 0 Å². The van der Waals surface area contributed by atoms with Crippen LogP contribution in [0.5, 0.6) is 0 Å². The van der Waals surface area contributed by atoms with Crippen LogP contribution in [0, 0.1) is 5.41 Å². The number of hydrogen-bond donors (Lipinski definition) is 0. The third-order valence-corrected chi connectivity index (χ3v) is 3.99. The van der Waals surface area contributed by atoms with E-state index in [0.717, 1.165) is 12.8 Å². The van der Waals surface area contributed by atoms with E-state index in [1.54, 1.807) is 0 Å². The molecule has 0 saturated heterocycles. The molecule has 0 aromatic rings. The number of rotatable bonds is 3. The highest BCUT2D eigenvalue weighted by Crippen LogP contribution is 2.38. The van der Waals surface area contributed by atoms with Crippen molar-refractivity contribution in [3.8, 4) is 0 Å². The summed E-state index contributed by atoms with van der Waals surface area (Å²) in [4.78, 5) is 0. The lowest BCUT2D eigenvalue weighted by Crippen LogP contribution is -2.27. The first-order valence-electron chi connectivity index (χ1n) is 5.32. The quantitative estimate of drug-likeness (QED) is 0.584. The van der Waals surface area contributed by atoms with Crippen molar-refractivity contribution in [1.29, 1.82) is 0 Å². The van der Waals surface area contributed by atoms with Crippen molar-refractivity contribution >= 4 is 10.1 Å².